The number of hydrogen-bond donors (Lipinski definition) is 2. The Morgan fingerprint density at radius 3 is 2.93 bits per heavy atom. The third-order valence-corrected chi connectivity index (χ3v) is 2.78. The summed E-state index contributed by atoms with van der Waals surface area (Å²) in [5.41, 5.74) is 5.19. The summed E-state index contributed by atoms with van der Waals surface area (Å²) in [6, 6.07) is 0.144. The van der Waals surface area contributed by atoms with Gasteiger partial charge in [-0.25, -0.2) is 0 Å². The lowest BCUT2D eigenvalue weighted by Crippen LogP contribution is -2.55. The van der Waals surface area contributed by atoms with Crippen LogP contribution in [0, 0.1) is 0 Å². The molecule has 0 spiro atoms. The van der Waals surface area contributed by atoms with Gasteiger partial charge in [-0.2, -0.15) is 0 Å². The van der Waals surface area contributed by atoms with E-state index in [9.17, 15) is 4.79 Å². The third kappa shape index (κ3) is 3.80. The molecule has 0 radical (unpaired) electrons. The van der Waals surface area contributed by atoms with Crippen LogP contribution in [0.3, 0.4) is 0 Å². The summed E-state index contributed by atoms with van der Waals surface area (Å²) in [4.78, 5) is 11.8. The molecule has 1 fully saturated rings. The van der Waals surface area contributed by atoms with Crippen molar-refractivity contribution in [1.29, 1.82) is 0 Å². The van der Waals surface area contributed by atoms with Crippen LogP contribution in [-0.2, 0) is 9.53 Å². The van der Waals surface area contributed by atoms with Gasteiger partial charge >= 0.3 is 0 Å². The standard InChI is InChI=1S/C11H22N2O2/c1-3-6-11(2,12)10(14)13-9-5-4-7-15-8-9/h9H,3-8,12H2,1-2H3,(H,13,14). The molecule has 4 nitrogen and oxygen atoms in total. The van der Waals surface area contributed by atoms with Crippen LogP contribution in [0.15, 0.2) is 0 Å². The predicted octanol–water partition coefficient (Wildman–Crippen LogP) is 0.799. The number of carbonyl (C=O) groups is 1. The van der Waals surface area contributed by atoms with Gasteiger partial charge in [-0.15, -0.1) is 0 Å². The third-order valence-electron chi connectivity index (χ3n) is 2.78. The highest BCUT2D eigenvalue weighted by Gasteiger charge is 2.29. The normalized spacial score (nSPS) is 25.7. The highest BCUT2D eigenvalue weighted by Crippen LogP contribution is 2.11. The summed E-state index contributed by atoms with van der Waals surface area (Å²) in [6.07, 6.45) is 3.64. The molecule has 1 rings (SSSR count). The van der Waals surface area contributed by atoms with Crippen LogP contribution in [0.1, 0.15) is 39.5 Å². The number of nitrogens with one attached hydrogen (secondary N) is 1. The number of ether oxygens (including phenoxy) is 1. The SMILES string of the molecule is CCCC(C)(N)C(=O)NC1CCCOC1. The second kappa shape index (κ2) is 5.47. The Balaban J connectivity index is 2.39. The van der Waals surface area contributed by atoms with Crippen molar-refractivity contribution in [3.05, 3.63) is 0 Å². The summed E-state index contributed by atoms with van der Waals surface area (Å²) in [7, 11) is 0. The van der Waals surface area contributed by atoms with Crippen molar-refractivity contribution < 1.29 is 9.53 Å². The number of hydrogen-bond acceptors (Lipinski definition) is 3. The van der Waals surface area contributed by atoms with E-state index in [2.05, 4.69) is 5.32 Å². The molecular weight excluding hydrogens is 192 g/mol. The van der Waals surface area contributed by atoms with E-state index in [0.717, 1.165) is 25.9 Å². The minimum Gasteiger partial charge on any atom is -0.379 e. The maximum atomic E-state index is 11.8. The summed E-state index contributed by atoms with van der Waals surface area (Å²) >= 11 is 0. The molecule has 15 heavy (non-hydrogen) atoms. The van der Waals surface area contributed by atoms with Gasteiger partial charge in [0.25, 0.3) is 0 Å². The molecule has 4 heteroatoms. The minimum absolute atomic E-state index is 0.0557. The van der Waals surface area contributed by atoms with Crippen molar-refractivity contribution in [2.75, 3.05) is 13.2 Å². The van der Waals surface area contributed by atoms with Crippen LogP contribution in [0.25, 0.3) is 0 Å². The lowest BCUT2D eigenvalue weighted by Gasteiger charge is -2.28. The fraction of sp³-hybridized carbons (Fsp3) is 0.909. The van der Waals surface area contributed by atoms with E-state index in [1.165, 1.54) is 0 Å². The summed E-state index contributed by atoms with van der Waals surface area (Å²) in [5.74, 6) is -0.0557. The van der Waals surface area contributed by atoms with Gasteiger partial charge in [0.15, 0.2) is 0 Å². The van der Waals surface area contributed by atoms with Gasteiger partial charge in [-0.3, -0.25) is 4.79 Å². The molecule has 1 aliphatic heterocycles. The molecule has 2 unspecified atom stereocenters. The van der Waals surface area contributed by atoms with Crippen LogP contribution >= 0.6 is 0 Å². The first-order chi connectivity index (χ1) is 7.06. The highest BCUT2D eigenvalue weighted by atomic mass is 16.5. The number of nitrogens with two attached hydrogens (primary N) is 1. The quantitative estimate of drug-likeness (QED) is 0.727. The van der Waals surface area contributed by atoms with E-state index in [1.54, 1.807) is 6.92 Å². The molecule has 1 amide bonds. The molecule has 0 aromatic carbocycles. The molecule has 0 bridgehead atoms. The fourth-order valence-electron chi connectivity index (χ4n) is 1.84. The summed E-state index contributed by atoms with van der Waals surface area (Å²) in [5, 5.41) is 2.96. The Morgan fingerprint density at radius 2 is 2.40 bits per heavy atom. The number of carbonyl (C=O) groups excluding carboxylic acids is 1. The van der Waals surface area contributed by atoms with Gasteiger partial charge in [0.1, 0.15) is 0 Å². The van der Waals surface area contributed by atoms with E-state index in [-0.39, 0.29) is 11.9 Å². The Morgan fingerprint density at radius 1 is 1.67 bits per heavy atom. The molecule has 0 aromatic heterocycles. The molecule has 0 aromatic rings. The van der Waals surface area contributed by atoms with Gasteiger partial charge in [-0.05, 0) is 26.2 Å². The van der Waals surface area contributed by atoms with Crippen LogP contribution < -0.4 is 11.1 Å². The van der Waals surface area contributed by atoms with Gasteiger partial charge in [0.2, 0.25) is 5.91 Å². The van der Waals surface area contributed by atoms with E-state index >= 15 is 0 Å². The van der Waals surface area contributed by atoms with Crippen molar-refractivity contribution in [1.82, 2.24) is 5.32 Å². The molecule has 0 saturated carbocycles. The summed E-state index contributed by atoms with van der Waals surface area (Å²) < 4.78 is 5.30. The van der Waals surface area contributed by atoms with Crippen molar-refractivity contribution in [3.8, 4) is 0 Å². The first-order valence-electron chi connectivity index (χ1n) is 5.74. The van der Waals surface area contributed by atoms with Crippen molar-refractivity contribution in [2.24, 2.45) is 5.73 Å². The van der Waals surface area contributed by atoms with E-state index < -0.39 is 5.54 Å². The van der Waals surface area contributed by atoms with Crippen molar-refractivity contribution in [2.45, 2.75) is 51.1 Å². The molecule has 2 atom stereocenters. The predicted molar refractivity (Wildman–Crippen MR) is 59.5 cm³/mol. The number of amides is 1. The first-order valence-corrected chi connectivity index (χ1v) is 5.74. The molecule has 1 aliphatic rings. The van der Waals surface area contributed by atoms with E-state index in [0.29, 0.717) is 13.0 Å². The average Bonchev–Trinajstić information content (AvgIpc) is 2.19. The highest BCUT2D eigenvalue weighted by molar-refractivity contribution is 5.85. The van der Waals surface area contributed by atoms with Gasteiger partial charge in [-0.1, -0.05) is 13.3 Å². The maximum absolute atomic E-state index is 11.8. The summed E-state index contributed by atoms with van der Waals surface area (Å²) in [6.45, 7) is 5.24. The smallest absolute Gasteiger partial charge is 0.240 e. The Kier molecular flexibility index (Phi) is 4.54. The van der Waals surface area contributed by atoms with Crippen molar-refractivity contribution in [3.63, 3.8) is 0 Å². The monoisotopic (exact) mass is 214 g/mol. The van der Waals surface area contributed by atoms with Crippen LogP contribution in [0.2, 0.25) is 0 Å². The Hall–Kier alpha value is -0.610. The van der Waals surface area contributed by atoms with Crippen LogP contribution in [-0.4, -0.2) is 30.7 Å². The lowest BCUT2D eigenvalue weighted by molar-refractivity contribution is -0.127. The average molecular weight is 214 g/mol. The second-order valence-corrected chi connectivity index (χ2v) is 4.55. The minimum atomic E-state index is -0.744. The Labute approximate surface area is 91.5 Å². The molecular formula is C11H22N2O2. The fourth-order valence-corrected chi connectivity index (χ4v) is 1.84. The zero-order chi connectivity index (χ0) is 11.3. The topological polar surface area (TPSA) is 64.4 Å². The lowest BCUT2D eigenvalue weighted by atomic mass is 9.95. The zero-order valence-corrected chi connectivity index (χ0v) is 9.71. The van der Waals surface area contributed by atoms with Crippen LogP contribution in [0.4, 0.5) is 0 Å². The molecule has 88 valence electrons. The molecule has 3 N–H and O–H groups in total. The largest absolute Gasteiger partial charge is 0.379 e. The number of rotatable bonds is 4. The first kappa shape index (κ1) is 12.5. The van der Waals surface area contributed by atoms with Gasteiger partial charge in [0.05, 0.1) is 18.2 Å². The molecule has 1 saturated heterocycles. The van der Waals surface area contributed by atoms with E-state index in [4.69, 9.17) is 10.5 Å². The molecule has 0 aliphatic carbocycles. The maximum Gasteiger partial charge on any atom is 0.240 e. The zero-order valence-electron chi connectivity index (χ0n) is 9.71. The van der Waals surface area contributed by atoms with Gasteiger partial charge in [0, 0.05) is 6.61 Å². The Bertz CT molecular complexity index is 211. The van der Waals surface area contributed by atoms with Crippen molar-refractivity contribution >= 4 is 5.91 Å². The van der Waals surface area contributed by atoms with Crippen LogP contribution in [0.5, 0.6) is 0 Å². The second-order valence-electron chi connectivity index (χ2n) is 4.55. The van der Waals surface area contributed by atoms with E-state index in [1.807, 2.05) is 6.92 Å². The van der Waals surface area contributed by atoms with Gasteiger partial charge < -0.3 is 15.8 Å². The molecule has 1 heterocycles.